The fourth-order valence-corrected chi connectivity index (χ4v) is 1.45. The van der Waals surface area contributed by atoms with Crippen LogP contribution >= 0.6 is 0 Å². The van der Waals surface area contributed by atoms with E-state index in [4.69, 9.17) is 18.3 Å². The highest BCUT2D eigenvalue weighted by atomic mass is 16.7. The third-order valence-corrected chi connectivity index (χ3v) is 2.23. The molecule has 1 aliphatic heterocycles. The number of rotatable bonds is 3. The molecule has 0 spiro atoms. The minimum Gasteiger partial charge on any atom is -0.493 e. The number of hydrogen-bond acceptors (Lipinski definition) is 5. The zero-order valence-electron chi connectivity index (χ0n) is 11.9. The molecule has 0 radical (unpaired) electrons. The van der Waals surface area contributed by atoms with Gasteiger partial charge < -0.3 is 14.2 Å². The summed E-state index contributed by atoms with van der Waals surface area (Å²) in [6, 6.07) is 2.87. The lowest BCUT2D eigenvalue weighted by molar-refractivity contribution is -0.422. The second-order valence-electron chi connectivity index (χ2n) is 3.40. The van der Waals surface area contributed by atoms with E-state index in [-0.39, 0.29) is 29.7 Å². The molecule has 1 aromatic rings. The van der Waals surface area contributed by atoms with Crippen LogP contribution < -0.4 is 14.2 Å². The van der Waals surface area contributed by atoms with Crippen LogP contribution in [0.3, 0.4) is 0 Å². The summed E-state index contributed by atoms with van der Waals surface area (Å²) in [5.41, 5.74) is 0.298. The van der Waals surface area contributed by atoms with Gasteiger partial charge in [-0.2, -0.15) is 0 Å². The quantitative estimate of drug-likeness (QED) is 0.597. The molecule has 0 atom stereocenters. The van der Waals surface area contributed by atoms with Crippen molar-refractivity contribution in [1.82, 2.24) is 0 Å². The summed E-state index contributed by atoms with van der Waals surface area (Å²) in [4.78, 5) is 10.1. The van der Waals surface area contributed by atoms with Crippen LogP contribution in [0.25, 0.3) is 6.08 Å². The molecular weight excluding hydrogens is 226 g/mol. The first-order valence-corrected chi connectivity index (χ1v) is 4.71. The van der Waals surface area contributed by atoms with E-state index in [1.54, 1.807) is 0 Å². The van der Waals surface area contributed by atoms with Crippen LogP contribution in [0, 0.1) is 10.1 Å². The number of hydrogen-bond donors (Lipinski definition) is 0. The third-order valence-electron chi connectivity index (χ3n) is 2.23. The number of nitro groups is 1. The van der Waals surface area contributed by atoms with Crippen LogP contribution in [0.15, 0.2) is 17.8 Å². The molecule has 1 aromatic carbocycles. The molecule has 90 valence electrons. The van der Waals surface area contributed by atoms with Crippen molar-refractivity contribution in [3.63, 3.8) is 0 Å². The largest absolute Gasteiger partial charge is 0.493 e. The van der Waals surface area contributed by atoms with Gasteiger partial charge in [0, 0.05) is 13.0 Å². The molecule has 0 aromatic heterocycles. The van der Waals surface area contributed by atoms with Crippen molar-refractivity contribution in [3.05, 3.63) is 33.5 Å². The van der Waals surface area contributed by atoms with Gasteiger partial charge in [-0.25, -0.2) is 0 Å². The van der Waals surface area contributed by atoms with Gasteiger partial charge in [-0.3, -0.25) is 10.1 Å². The highest BCUT2D eigenvalue weighted by Crippen LogP contribution is 2.42. The van der Waals surface area contributed by atoms with E-state index in [1.807, 2.05) is 0 Å². The van der Waals surface area contributed by atoms with E-state index in [2.05, 4.69) is 0 Å². The Bertz CT molecular complexity index is 582. The molecule has 1 aliphatic rings. The molecule has 2 rings (SSSR count). The maximum Gasteiger partial charge on any atom is 0.243 e. The van der Waals surface area contributed by atoms with Crippen molar-refractivity contribution < 1.29 is 23.2 Å². The molecule has 0 saturated heterocycles. The molecular formula is C11H11NO5. The monoisotopic (exact) mass is 240 g/mol. The Morgan fingerprint density at radius 1 is 1.65 bits per heavy atom. The summed E-state index contributed by atoms with van der Waals surface area (Å²) in [6.45, 7) is 1.27. The van der Waals surface area contributed by atoms with Gasteiger partial charge in [0.25, 0.3) is 0 Å². The normalized spacial score (nSPS) is 17.0. The number of fused-ring (bicyclic) bond motifs is 1. The number of methoxy groups -OCH3 is 1. The van der Waals surface area contributed by atoms with Crippen LogP contribution in [-0.4, -0.2) is 18.8 Å². The van der Waals surface area contributed by atoms with E-state index >= 15 is 0 Å². The Balaban J connectivity index is 2.44. The first-order valence-electron chi connectivity index (χ1n) is 6.21. The predicted octanol–water partition coefficient (Wildman–Crippen LogP) is 2.06. The standard InChI is InChI=1S/C11H11NO5/c1-7(12(13)14)3-8-4-9(15-2)11-10(5-8)16-6-17-11/h3-5H,6H2,1-2H3/b7-3+/i2D3. The molecule has 0 fully saturated rings. The van der Waals surface area contributed by atoms with Crippen LogP contribution in [0.4, 0.5) is 0 Å². The van der Waals surface area contributed by atoms with Gasteiger partial charge in [0.05, 0.1) is 16.1 Å². The Kier molecular flexibility index (Phi) is 2.02. The van der Waals surface area contributed by atoms with Crippen LogP contribution in [-0.2, 0) is 0 Å². The van der Waals surface area contributed by atoms with E-state index in [0.717, 1.165) is 0 Å². The summed E-state index contributed by atoms with van der Waals surface area (Å²) >= 11 is 0. The number of nitrogens with zero attached hydrogens (tertiary/aromatic N) is 1. The Labute approximate surface area is 102 Å². The van der Waals surface area contributed by atoms with Gasteiger partial charge in [0.15, 0.2) is 11.5 Å². The number of ether oxygens (including phenoxy) is 3. The maximum absolute atomic E-state index is 10.6. The Morgan fingerprint density at radius 2 is 2.47 bits per heavy atom. The smallest absolute Gasteiger partial charge is 0.243 e. The van der Waals surface area contributed by atoms with Crippen molar-refractivity contribution in [2.75, 3.05) is 13.8 Å². The number of benzene rings is 1. The van der Waals surface area contributed by atoms with Gasteiger partial charge in [-0.1, -0.05) is 0 Å². The van der Waals surface area contributed by atoms with Crippen molar-refractivity contribution in [3.8, 4) is 17.2 Å². The molecule has 0 unspecified atom stereocenters. The minimum absolute atomic E-state index is 0.0394. The molecule has 0 bridgehead atoms. The molecule has 0 saturated carbocycles. The Hall–Kier alpha value is -2.24. The van der Waals surface area contributed by atoms with Crippen LogP contribution in [0.1, 0.15) is 16.6 Å². The summed E-state index contributed by atoms with van der Waals surface area (Å²) in [5.74, 6) is 0.425. The zero-order valence-corrected chi connectivity index (χ0v) is 8.93. The fourth-order valence-electron chi connectivity index (χ4n) is 1.45. The van der Waals surface area contributed by atoms with Crippen molar-refractivity contribution in [1.29, 1.82) is 0 Å². The topological polar surface area (TPSA) is 70.8 Å². The molecule has 0 N–H and O–H groups in total. The highest BCUT2D eigenvalue weighted by molar-refractivity contribution is 5.63. The van der Waals surface area contributed by atoms with E-state index in [1.165, 1.54) is 25.1 Å². The van der Waals surface area contributed by atoms with Gasteiger partial charge >= 0.3 is 0 Å². The molecule has 0 amide bonds. The van der Waals surface area contributed by atoms with Crippen LogP contribution in [0.5, 0.6) is 17.2 Å². The van der Waals surface area contributed by atoms with E-state index in [0.29, 0.717) is 5.56 Å². The Morgan fingerprint density at radius 3 is 3.18 bits per heavy atom. The summed E-state index contributed by atoms with van der Waals surface area (Å²) in [7, 11) is -2.65. The first kappa shape index (κ1) is 7.94. The predicted molar refractivity (Wildman–Crippen MR) is 59.8 cm³/mol. The second kappa shape index (κ2) is 4.32. The molecule has 0 aliphatic carbocycles. The SMILES string of the molecule is [2H]C([2H])([2H])Oc1cc(/C=C(\C)[N+](=O)[O-])cc2c1OCO2. The summed E-state index contributed by atoms with van der Waals surface area (Å²) in [6.07, 6.45) is 1.29. The zero-order chi connectivity index (χ0) is 14.9. The average molecular weight is 240 g/mol. The molecule has 6 nitrogen and oxygen atoms in total. The lowest BCUT2D eigenvalue weighted by Gasteiger charge is -2.05. The maximum atomic E-state index is 10.6. The summed E-state index contributed by atoms with van der Waals surface area (Å²) < 4.78 is 36.4. The van der Waals surface area contributed by atoms with Crippen LogP contribution in [0.2, 0.25) is 0 Å². The van der Waals surface area contributed by atoms with Gasteiger partial charge in [-0.05, 0) is 17.7 Å². The minimum atomic E-state index is -2.65. The highest BCUT2D eigenvalue weighted by Gasteiger charge is 2.20. The molecule has 17 heavy (non-hydrogen) atoms. The van der Waals surface area contributed by atoms with Crippen molar-refractivity contribution >= 4 is 6.08 Å². The first-order chi connectivity index (χ1) is 9.26. The molecule has 6 heteroatoms. The van der Waals surface area contributed by atoms with Gasteiger partial charge in [-0.15, -0.1) is 0 Å². The van der Waals surface area contributed by atoms with E-state index < -0.39 is 12.0 Å². The lowest BCUT2D eigenvalue weighted by atomic mass is 10.1. The van der Waals surface area contributed by atoms with Crippen molar-refractivity contribution in [2.24, 2.45) is 0 Å². The second-order valence-corrected chi connectivity index (χ2v) is 3.40. The average Bonchev–Trinajstić information content (AvgIpc) is 2.74. The summed E-state index contributed by atoms with van der Waals surface area (Å²) in [5, 5.41) is 10.6. The van der Waals surface area contributed by atoms with E-state index in [9.17, 15) is 10.1 Å². The third kappa shape index (κ3) is 2.15. The fraction of sp³-hybridized carbons (Fsp3) is 0.273. The van der Waals surface area contributed by atoms with Gasteiger partial charge in [0.1, 0.15) is 0 Å². The molecule has 1 heterocycles. The lowest BCUT2D eigenvalue weighted by Crippen LogP contribution is -1.94. The van der Waals surface area contributed by atoms with Gasteiger partial charge in [0.2, 0.25) is 18.2 Å². The van der Waals surface area contributed by atoms with Crippen molar-refractivity contribution in [2.45, 2.75) is 6.92 Å². The number of allylic oxidation sites excluding steroid dienone is 1.